The van der Waals surface area contributed by atoms with Crippen LogP contribution in [0.1, 0.15) is 48.2 Å². The number of amides is 1. The lowest BCUT2D eigenvalue weighted by molar-refractivity contribution is 0.0693. The molecule has 0 saturated carbocycles. The summed E-state index contributed by atoms with van der Waals surface area (Å²) in [6, 6.07) is 6.22. The minimum absolute atomic E-state index is 0.104. The normalized spacial score (nSPS) is 18.7. The summed E-state index contributed by atoms with van der Waals surface area (Å²) >= 11 is 0. The van der Waals surface area contributed by atoms with Crippen LogP contribution in [0.25, 0.3) is 0 Å². The van der Waals surface area contributed by atoms with E-state index in [2.05, 4.69) is 42.9 Å². The highest BCUT2D eigenvalue weighted by Crippen LogP contribution is 2.27. The van der Waals surface area contributed by atoms with Crippen LogP contribution in [0.4, 0.5) is 5.69 Å². The third kappa shape index (κ3) is 4.66. The monoisotopic (exact) mass is 473 g/mol. The molecule has 1 amide bonds. The van der Waals surface area contributed by atoms with Crippen molar-refractivity contribution in [3.8, 4) is 0 Å². The molecule has 3 heterocycles. The zero-order valence-electron chi connectivity index (χ0n) is 20.1. The first-order valence-corrected chi connectivity index (χ1v) is 13.3. The molecule has 180 valence electrons. The second-order valence-corrected chi connectivity index (χ2v) is 11.1. The highest BCUT2D eigenvalue weighted by atomic mass is 32.2. The maximum Gasteiger partial charge on any atom is 0.263 e. The number of rotatable bonds is 5. The van der Waals surface area contributed by atoms with Gasteiger partial charge in [-0.25, -0.2) is 8.42 Å². The molecule has 1 aromatic carbocycles. The zero-order chi connectivity index (χ0) is 23.8. The molecular formula is C24H35N5O3S. The number of piperazine rings is 1. The van der Waals surface area contributed by atoms with Crippen molar-refractivity contribution in [2.45, 2.75) is 52.1 Å². The molecule has 2 aliphatic heterocycles. The van der Waals surface area contributed by atoms with Gasteiger partial charge in [0.25, 0.3) is 15.9 Å². The Balaban J connectivity index is 1.55. The molecule has 4 rings (SSSR count). The van der Waals surface area contributed by atoms with E-state index < -0.39 is 10.0 Å². The van der Waals surface area contributed by atoms with Gasteiger partial charge in [0.2, 0.25) is 5.03 Å². The third-order valence-electron chi connectivity index (χ3n) is 7.09. The van der Waals surface area contributed by atoms with Crippen LogP contribution in [-0.2, 0) is 16.6 Å². The minimum atomic E-state index is -3.87. The first kappa shape index (κ1) is 23.8. The van der Waals surface area contributed by atoms with Crippen molar-refractivity contribution in [3.63, 3.8) is 0 Å². The maximum atomic E-state index is 13.6. The van der Waals surface area contributed by atoms with E-state index in [1.165, 1.54) is 15.4 Å². The van der Waals surface area contributed by atoms with Gasteiger partial charge in [-0.1, -0.05) is 19.1 Å². The first-order chi connectivity index (χ1) is 15.7. The molecular weight excluding hydrogens is 438 g/mol. The van der Waals surface area contributed by atoms with Crippen LogP contribution in [0.15, 0.2) is 29.4 Å². The first-order valence-electron chi connectivity index (χ1n) is 11.9. The smallest absolute Gasteiger partial charge is 0.263 e. The minimum Gasteiger partial charge on any atom is -0.369 e. The Bertz CT molecular complexity index is 1110. The summed E-state index contributed by atoms with van der Waals surface area (Å²) in [5.41, 5.74) is 3.79. The molecule has 0 unspecified atom stereocenters. The molecule has 0 radical (unpaired) electrons. The van der Waals surface area contributed by atoms with Crippen LogP contribution in [0.5, 0.6) is 0 Å². The predicted molar refractivity (Wildman–Crippen MR) is 129 cm³/mol. The quantitative estimate of drug-likeness (QED) is 0.667. The molecule has 1 aromatic heterocycles. The summed E-state index contributed by atoms with van der Waals surface area (Å²) < 4.78 is 30.2. The van der Waals surface area contributed by atoms with Crippen molar-refractivity contribution in [2.75, 3.05) is 44.2 Å². The molecule has 2 aliphatic rings. The van der Waals surface area contributed by atoms with Crippen molar-refractivity contribution < 1.29 is 13.2 Å². The SMILES string of the molecule is CCn1cc(C(=O)N2CCC(C)CC2)c(S(=O)(=O)N2CCN(c3cccc(C)c3C)CC2)n1. The van der Waals surface area contributed by atoms with Crippen molar-refractivity contribution in [1.29, 1.82) is 0 Å². The van der Waals surface area contributed by atoms with Crippen molar-refractivity contribution in [2.24, 2.45) is 5.92 Å². The highest BCUT2D eigenvalue weighted by molar-refractivity contribution is 7.89. The third-order valence-corrected chi connectivity index (χ3v) is 8.93. The summed E-state index contributed by atoms with van der Waals surface area (Å²) in [4.78, 5) is 17.3. The molecule has 0 spiro atoms. The fraction of sp³-hybridized carbons (Fsp3) is 0.583. The molecule has 33 heavy (non-hydrogen) atoms. The highest BCUT2D eigenvalue weighted by Gasteiger charge is 2.36. The predicted octanol–water partition coefficient (Wildman–Crippen LogP) is 2.90. The number of piperidine rings is 1. The van der Waals surface area contributed by atoms with Gasteiger partial charge >= 0.3 is 0 Å². The van der Waals surface area contributed by atoms with Gasteiger partial charge in [0.05, 0.1) is 5.56 Å². The number of likely N-dealkylation sites (tertiary alicyclic amines) is 1. The molecule has 8 nitrogen and oxygen atoms in total. The lowest BCUT2D eigenvalue weighted by Gasteiger charge is -2.36. The van der Waals surface area contributed by atoms with E-state index in [0.717, 1.165) is 18.5 Å². The van der Waals surface area contributed by atoms with Crippen LogP contribution in [0.3, 0.4) is 0 Å². The van der Waals surface area contributed by atoms with Gasteiger partial charge in [0, 0.05) is 57.7 Å². The Morgan fingerprint density at radius 1 is 1.06 bits per heavy atom. The number of aryl methyl sites for hydroxylation is 2. The van der Waals surface area contributed by atoms with Crippen molar-refractivity contribution in [3.05, 3.63) is 41.1 Å². The Morgan fingerprint density at radius 2 is 1.73 bits per heavy atom. The van der Waals surface area contributed by atoms with E-state index in [1.807, 2.05) is 13.0 Å². The van der Waals surface area contributed by atoms with Gasteiger partial charge in [-0.3, -0.25) is 9.48 Å². The van der Waals surface area contributed by atoms with E-state index in [-0.39, 0.29) is 16.5 Å². The molecule has 2 saturated heterocycles. The Hall–Kier alpha value is -2.39. The average Bonchev–Trinajstić information content (AvgIpc) is 3.27. The average molecular weight is 474 g/mol. The maximum absolute atomic E-state index is 13.6. The lowest BCUT2D eigenvalue weighted by Crippen LogP contribution is -2.49. The number of carbonyl (C=O) groups is 1. The number of aromatic nitrogens is 2. The molecule has 9 heteroatoms. The van der Waals surface area contributed by atoms with Crippen LogP contribution in [-0.4, -0.2) is 72.6 Å². The fourth-order valence-corrected chi connectivity index (χ4v) is 6.17. The lowest BCUT2D eigenvalue weighted by atomic mass is 9.99. The number of carbonyl (C=O) groups excluding carboxylic acids is 1. The second kappa shape index (κ2) is 9.46. The molecule has 0 N–H and O–H groups in total. The molecule has 0 bridgehead atoms. The largest absolute Gasteiger partial charge is 0.369 e. The molecule has 2 aromatic rings. The number of hydrogen-bond donors (Lipinski definition) is 0. The standard InChI is InChI=1S/C24H35N5O3S/c1-5-28-17-21(24(30)27-11-9-18(2)10-12-27)23(25-28)33(31,32)29-15-13-26(14-16-29)22-8-6-7-19(3)20(22)4/h6-8,17-18H,5,9-16H2,1-4H3. The van der Waals surface area contributed by atoms with E-state index in [4.69, 9.17) is 0 Å². The van der Waals surface area contributed by atoms with E-state index in [9.17, 15) is 13.2 Å². The Morgan fingerprint density at radius 3 is 2.36 bits per heavy atom. The summed E-state index contributed by atoms with van der Waals surface area (Å²) in [6.07, 6.45) is 3.48. The van der Waals surface area contributed by atoms with Crippen LogP contribution in [0, 0.1) is 19.8 Å². The van der Waals surface area contributed by atoms with Crippen molar-refractivity contribution >= 4 is 21.6 Å². The van der Waals surface area contributed by atoms with Gasteiger partial charge in [0.1, 0.15) is 0 Å². The van der Waals surface area contributed by atoms with Crippen LogP contribution >= 0.6 is 0 Å². The fourth-order valence-electron chi connectivity index (χ4n) is 4.65. The number of hydrogen-bond acceptors (Lipinski definition) is 5. The summed E-state index contributed by atoms with van der Waals surface area (Å²) in [6.45, 7) is 12.0. The van der Waals surface area contributed by atoms with Crippen LogP contribution < -0.4 is 4.90 Å². The molecule has 0 atom stereocenters. The van der Waals surface area contributed by atoms with E-state index in [0.29, 0.717) is 51.7 Å². The Labute approximate surface area is 197 Å². The summed E-state index contributed by atoms with van der Waals surface area (Å²) in [5.74, 6) is 0.359. The zero-order valence-corrected chi connectivity index (χ0v) is 20.9. The van der Waals surface area contributed by atoms with Gasteiger partial charge in [-0.2, -0.15) is 9.40 Å². The van der Waals surface area contributed by atoms with Gasteiger partial charge in [-0.15, -0.1) is 0 Å². The van der Waals surface area contributed by atoms with E-state index >= 15 is 0 Å². The second-order valence-electron chi connectivity index (χ2n) is 9.29. The van der Waals surface area contributed by atoms with E-state index in [1.54, 1.807) is 15.8 Å². The van der Waals surface area contributed by atoms with Gasteiger partial charge in [0.15, 0.2) is 0 Å². The number of nitrogens with zero attached hydrogens (tertiary/aromatic N) is 5. The molecule has 2 fully saturated rings. The van der Waals surface area contributed by atoms with Crippen molar-refractivity contribution in [1.82, 2.24) is 19.0 Å². The van der Waals surface area contributed by atoms with Gasteiger partial charge < -0.3 is 9.80 Å². The summed E-state index contributed by atoms with van der Waals surface area (Å²) in [7, 11) is -3.87. The molecule has 0 aliphatic carbocycles. The topological polar surface area (TPSA) is 78.8 Å². The van der Waals surface area contributed by atoms with Gasteiger partial charge in [-0.05, 0) is 56.7 Å². The number of benzene rings is 1. The number of sulfonamides is 1. The Kier molecular flexibility index (Phi) is 6.81. The summed E-state index contributed by atoms with van der Waals surface area (Å²) in [5, 5.41) is 4.23. The van der Waals surface area contributed by atoms with Crippen LogP contribution in [0.2, 0.25) is 0 Å². The number of anilines is 1.